The number of hydrogen-bond acceptors (Lipinski definition) is 6. The molecule has 0 spiro atoms. The highest BCUT2D eigenvalue weighted by molar-refractivity contribution is 7.99. The maximum Gasteiger partial charge on any atom is 0.230 e. The number of rotatable bonds is 10. The first kappa shape index (κ1) is 21.7. The number of nitrogen functional groups attached to an aromatic ring is 1. The monoisotopic (exact) mass is 425 g/mol. The van der Waals surface area contributed by atoms with Crippen molar-refractivity contribution in [3.05, 3.63) is 60.2 Å². The van der Waals surface area contributed by atoms with E-state index >= 15 is 0 Å². The van der Waals surface area contributed by atoms with Gasteiger partial charge in [-0.1, -0.05) is 49.0 Å². The van der Waals surface area contributed by atoms with Gasteiger partial charge in [0, 0.05) is 18.0 Å². The van der Waals surface area contributed by atoms with Crippen molar-refractivity contribution in [3.8, 4) is 17.1 Å². The van der Waals surface area contributed by atoms with Gasteiger partial charge in [0.15, 0.2) is 5.82 Å². The van der Waals surface area contributed by atoms with E-state index in [1.165, 1.54) is 22.0 Å². The van der Waals surface area contributed by atoms with Crippen LogP contribution in [-0.4, -0.2) is 39.7 Å². The Morgan fingerprint density at radius 1 is 1.13 bits per heavy atom. The normalized spacial score (nSPS) is 11.8. The number of benzene rings is 2. The summed E-state index contributed by atoms with van der Waals surface area (Å²) in [5.41, 5.74) is 2.06. The first-order chi connectivity index (χ1) is 14.6. The molecule has 2 aromatic carbocycles. The highest BCUT2D eigenvalue weighted by Gasteiger charge is 2.15. The molecule has 0 aliphatic rings. The molecule has 7 nitrogen and oxygen atoms in total. The molecule has 3 rings (SSSR count). The quantitative estimate of drug-likeness (QED) is 0.382. The molecule has 1 atom stereocenters. The molecule has 0 radical (unpaired) electrons. The highest BCUT2D eigenvalue weighted by atomic mass is 32.2. The van der Waals surface area contributed by atoms with Crippen LogP contribution in [0.3, 0.4) is 0 Å². The molecular formula is C22H27N5O2S. The van der Waals surface area contributed by atoms with Gasteiger partial charge in [0.1, 0.15) is 5.75 Å². The van der Waals surface area contributed by atoms with Gasteiger partial charge in [-0.25, -0.2) is 4.68 Å². The van der Waals surface area contributed by atoms with E-state index < -0.39 is 0 Å². The fourth-order valence-electron chi connectivity index (χ4n) is 3.08. The molecule has 0 fully saturated rings. The lowest BCUT2D eigenvalue weighted by atomic mass is 9.96. The molecule has 0 bridgehead atoms. The van der Waals surface area contributed by atoms with Crippen molar-refractivity contribution in [2.24, 2.45) is 0 Å². The van der Waals surface area contributed by atoms with Crippen molar-refractivity contribution in [2.45, 2.75) is 31.3 Å². The van der Waals surface area contributed by atoms with E-state index in [1.807, 2.05) is 49.4 Å². The Hall–Kier alpha value is -3.00. The standard InChI is InChI=1S/C22H27N5O2S/c1-3-16(17-8-6-5-7-9-17)14-24-20(28)15-30-22-26-25-21(27(22)23)18-10-12-19(13-11-18)29-4-2/h5-13,16H,3-4,14-15,23H2,1-2H3,(H,24,28). The van der Waals surface area contributed by atoms with E-state index in [2.05, 4.69) is 34.6 Å². The number of nitrogens with two attached hydrogens (primary N) is 1. The van der Waals surface area contributed by atoms with Crippen LogP contribution in [0.5, 0.6) is 5.75 Å². The summed E-state index contributed by atoms with van der Waals surface area (Å²) in [4.78, 5) is 12.3. The molecule has 0 aliphatic carbocycles. The van der Waals surface area contributed by atoms with Crippen molar-refractivity contribution in [3.63, 3.8) is 0 Å². The topological polar surface area (TPSA) is 95.1 Å². The van der Waals surface area contributed by atoms with Crippen molar-refractivity contribution >= 4 is 17.7 Å². The molecule has 1 unspecified atom stereocenters. The average Bonchev–Trinajstić information content (AvgIpc) is 3.14. The fourth-order valence-corrected chi connectivity index (χ4v) is 3.77. The van der Waals surface area contributed by atoms with Crippen LogP contribution >= 0.6 is 11.8 Å². The highest BCUT2D eigenvalue weighted by Crippen LogP contribution is 2.24. The lowest BCUT2D eigenvalue weighted by Gasteiger charge is -2.16. The van der Waals surface area contributed by atoms with Gasteiger partial charge in [0.05, 0.1) is 12.4 Å². The zero-order chi connectivity index (χ0) is 21.3. The summed E-state index contributed by atoms with van der Waals surface area (Å²) in [6, 6.07) is 17.7. The number of ether oxygens (including phenoxy) is 1. The fraction of sp³-hybridized carbons (Fsp3) is 0.318. The van der Waals surface area contributed by atoms with Crippen LogP contribution in [0.25, 0.3) is 11.4 Å². The summed E-state index contributed by atoms with van der Waals surface area (Å²) in [6.07, 6.45) is 0.958. The van der Waals surface area contributed by atoms with E-state index in [0.29, 0.717) is 30.1 Å². The summed E-state index contributed by atoms with van der Waals surface area (Å²) < 4.78 is 6.86. The largest absolute Gasteiger partial charge is 0.494 e. The second-order valence-electron chi connectivity index (χ2n) is 6.74. The van der Waals surface area contributed by atoms with Crippen LogP contribution in [0, 0.1) is 0 Å². The van der Waals surface area contributed by atoms with Crippen LogP contribution < -0.4 is 15.9 Å². The van der Waals surface area contributed by atoms with Crippen molar-refractivity contribution in [1.82, 2.24) is 20.2 Å². The van der Waals surface area contributed by atoms with Gasteiger partial charge in [-0.05, 0) is 43.2 Å². The predicted molar refractivity (Wildman–Crippen MR) is 120 cm³/mol. The Labute approximate surface area is 181 Å². The first-order valence-corrected chi connectivity index (χ1v) is 11.0. The summed E-state index contributed by atoms with van der Waals surface area (Å²) >= 11 is 1.26. The number of hydrogen-bond donors (Lipinski definition) is 2. The third kappa shape index (κ3) is 5.54. The average molecular weight is 426 g/mol. The second-order valence-corrected chi connectivity index (χ2v) is 7.68. The van der Waals surface area contributed by atoms with Gasteiger partial charge in [-0.3, -0.25) is 4.79 Å². The van der Waals surface area contributed by atoms with Gasteiger partial charge in [-0.15, -0.1) is 10.2 Å². The van der Waals surface area contributed by atoms with Crippen LogP contribution in [0.1, 0.15) is 31.7 Å². The molecule has 3 N–H and O–H groups in total. The minimum atomic E-state index is -0.0556. The maximum absolute atomic E-state index is 12.3. The molecular weight excluding hydrogens is 398 g/mol. The third-order valence-corrected chi connectivity index (χ3v) is 5.67. The minimum absolute atomic E-state index is 0.0556. The molecule has 1 heterocycles. The predicted octanol–water partition coefficient (Wildman–Crippen LogP) is 3.46. The van der Waals surface area contributed by atoms with Crippen LogP contribution in [0.2, 0.25) is 0 Å². The van der Waals surface area contributed by atoms with Crippen LogP contribution in [0.4, 0.5) is 0 Å². The van der Waals surface area contributed by atoms with Gasteiger partial charge in [-0.2, -0.15) is 0 Å². The molecule has 30 heavy (non-hydrogen) atoms. The molecule has 8 heteroatoms. The Morgan fingerprint density at radius 2 is 1.87 bits per heavy atom. The summed E-state index contributed by atoms with van der Waals surface area (Å²) in [7, 11) is 0. The molecule has 1 aromatic heterocycles. The summed E-state index contributed by atoms with van der Waals surface area (Å²) in [5, 5.41) is 11.8. The molecule has 0 aliphatic heterocycles. The third-order valence-electron chi connectivity index (χ3n) is 4.73. The maximum atomic E-state index is 12.3. The number of nitrogens with one attached hydrogen (secondary N) is 1. The van der Waals surface area contributed by atoms with E-state index in [0.717, 1.165) is 17.7 Å². The number of nitrogens with zero attached hydrogens (tertiary/aromatic N) is 3. The van der Waals surface area contributed by atoms with Crippen LogP contribution in [0.15, 0.2) is 59.8 Å². The molecule has 3 aromatic rings. The molecule has 1 amide bonds. The Bertz CT molecular complexity index is 944. The Kier molecular flexibility index (Phi) is 7.73. The van der Waals surface area contributed by atoms with Gasteiger partial charge in [0.2, 0.25) is 11.1 Å². The Balaban J connectivity index is 1.54. The second kappa shape index (κ2) is 10.7. The molecule has 0 saturated carbocycles. The van der Waals surface area contributed by atoms with E-state index in [4.69, 9.17) is 10.6 Å². The minimum Gasteiger partial charge on any atom is -0.494 e. The number of aromatic nitrogens is 3. The number of carbonyl (C=O) groups excluding carboxylic acids is 1. The summed E-state index contributed by atoms with van der Waals surface area (Å²) in [6.45, 7) is 5.28. The Morgan fingerprint density at radius 3 is 2.53 bits per heavy atom. The van der Waals surface area contributed by atoms with Crippen LogP contribution in [-0.2, 0) is 4.79 Å². The summed E-state index contributed by atoms with van der Waals surface area (Å²) in [5.74, 6) is 7.94. The van der Waals surface area contributed by atoms with Gasteiger partial charge < -0.3 is 15.9 Å². The zero-order valence-corrected chi connectivity index (χ0v) is 18.1. The van der Waals surface area contributed by atoms with Crippen molar-refractivity contribution < 1.29 is 9.53 Å². The molecule has 0 saturated heterocycles. The van der Waals surface area contributed by atoms with Gasteiger partial charge >= 0.3 is 0 Å². The van der Waals surface area contributed by atoms with Gasteiger partial charge in [0.25, 0.3) is 0 Å². The SMILES string of the molecule is CCOc1ccc(-c2nnc(SCC(=O)NCC(CC)c3ccccc3)n2N)cc1. The lowest BCUT2D eigenvalue weighted by molar-refractivity contribution is -0.118. The van der Waals surface area contributed by atoms with E-state index in [-0.39, 0.29) is 11.7 Å². The number of carbonyl (C=O) groups is 1. The first-order valence-electron chi connectivity index (χ1n) is 10.0. The lowest BCUT2D eigenvalue weighted by Crippen LogP contribution is -2.29. The van der Waals surface area contributed by atoms with E-state index in [9.17, 15) is 4.79 Å². The smallest absolute Gasteiger partial charge is 0.230 e. The number of thioether (sulfide) groups is 1. The van der Waals surface area contributed by atoms with Crippen molar-refractivity contribution in [1.29, 1.82) is 0 Å². The van der Waals surface area contributed by atoms with E-state index in [1.54, 1.807) is 0 Å². The zero-order valence-electron chi connectivity index (χ0n) is 17.2. The van der Waals surface area contributed by atoms with Crippen molar-refractivity contribution in [2.75, 3.05) is 24.7 Å². The number of amides is 1. The molecule has 158 valence electrons.